The second-order valence-electron chi connectivity index (χ2n) is 6.32. The maximum atomic E-state index is 12.4. The van der Waals surface area contributed by atoms with Crippen LogP contribution in [0.2, 0.25) is 5.02 Å². The van der Waals surface area contributed by atoms with E-state index in [2.05, 4.69) is 25.5 Å². The summed E-state index contributed by atoms with van der Waals surface area (Å²) in [6.07, 6.45) is 0. The summed E-state index contributed by atoms with van der Waals surface area (Å²) in [6.45, 7) is 0. The summed E-state index contributed by atoms with van der Waals surface area (Å²) in [5.74, 6) is 1.62. The van der Waals surface area contributed by atoms with Gasteiger partial charge in [-0.1, -0.05) is 23.4 Å². The van der Waals surface area contributed by atoms with Gasteiger partial charge >= 0.3 is 0 Å². The van der Waals surface area contributed by atoms with Crippen LogP contribution in [-0.2, 0) is 4.79 Å². The zero-order valence-electron chi connectivity index (χ0n) is 16.9. The first kappa shape index (κ1) is 21.0. The Morgan fingerprint density at radius 2 is 1.81 bits per heavy atom. The molecule has 31 heavy (non-hydrogen) atoms. The first-order valence-electron chi connectivity index (χ1n) is 9.07. The first-order chi connectivity index (χ1) is 15.0. The molecule has 2 aromatic heterocycles. The highest BCUT2D eigenvalue weighted by Gasteiger charge is 2.16. The van der Waals surface area contributed by atoms with Crippen molar-refractivity contribution < 1.29 is 19.0 Å². The van der Waals surface area contributed by atoms with Crippen molar-refractivity contribution in [3.8, 4) is 17.2 Å². The highest BCUT2D eigenvalue weighted by molar-refractivity contribution is 7.99. The monoisotopic (exact) mass is 459 g/mol. The number of hydrogen-bond donors (Lipinski definition) is 2. The second-order valence-corrected chi connectivity index (χ2v) is 7.67. The molecular formula is C20H18ClN5O4S. The summed E-state index contributed by atoms with van der Waals surface area (Å²) in [5.41, 5.74) is 2.34. The fraction of sp³-hybridized carbons (Fsp3) is 0.200. The molecule has 160 valence electrons. The Kier molecular flexibility index (Phi) is 6.01. The number of amides is 1. The van der Waals surface area contributed by atoms with Crippen LogP contribution >= 0.6 is 23.4 Å². The molecule has 0 aliphatic heterocycles. The molecule has 0 unspecified atom stereocenters. The lowest BCUT2D eigenvalue weighted by Crippen LogP contribution is -2.14. The van der Waals surface area contributed by atoms with Crippen LogP contribution in [0.4, 0.5) is 5.69 Å². The fourth-order valence-corrected chi connectivity index (χ4v) is 3.90. The number of nitrogens with one attached hydrogen (secondary N) is 2. The Bertz CT molecular complexity index is 1280. The van der Waals surface area contributed by atoms with Crippen molar-refractivity contribution in [1.29, 1.82) is 0 Å². The maximum absolute atomic E-state index is 12.4. The number of nitrogens with zero attached hydrogens (tertiary/aromatic N) is 3. The molecule has 0 bridgehead atoms. The van der Waals surface area contributed by atoms with Crippen LogP contribution in [0.15, 0.2) is 35.5 Å². The molecule has 0 aliphatic carbocycles. The Morgan fingerprint density at radius 3 is 2.55 bits per heavy atom. The van der Waals surface area contributed by atoms with Gasteiger partial charge < -0.3 is 24.5 Å². The SMILES string of the molecule is COc1ccc(NC(=O)CSc2nnc3c(n2)[nH]c2c(OC)ccc(Cl)c23)cc1OC. The van der Waals surface area contributed by atoms with Crippen molar-refractivity contribution in [2.45, 2.75) is 5.16 Å². The van der Waals surface area contributed by atoms with Gasteiger partial charge in [-0.05, 0) is 24.3 Å². The van der Waals surface area contributed by atoms with Crippen molar-refractivity contribution in [2.75, 3.05) is 32.4 Å². The molecule has 0 saturated carbocycles. The molecule has 0 atom stereocenters. The van der Waals surface area contributed by atoms with Gasteiger partial charge in [0.05, 0.1) is 43.0 Å². The summed E-state index contributed by atoms with van der Waals surface area (Å²) in [5, 5.41) is 12.7. The van der Waals surface area contributed by atoms with Gasteiger partial charge in [0.25, 0.3) is 0 Å². The molecule has 0 radical (unpaired) electrons. The van der Waals surface area contributed by atoms with Gasteiger partial charge in [0.2, 0.25) is 11.1 Å². The summed E-state index contributed by atoms with van der Waals surface area (Å²) in [6, 6.07) is 8.64. The second kappa shape index (κ2) is 8.86. The van der Waals surface area contributed by atoms with E-state index in [1.165, 1.54) is 18.9 Å². The van der Waals surface area contributed by atoms with Crippen LogP contribution in [-0.4, -0.2) is 53.2 Å². The quantitative estimate of drug-likeness (QED) is 0.400. The summed E-state index contributed by atoms with van der Waals surface area (Å²) in [4.78, 5) is 20.0. The largest absolute Gasteiger partial charge is 0.495 e. The van der Waals surface area contributed by atoms with Crippen LogP contribution < -0.4 is 19.5 Å². The van der Waals surface area contributed by atoms with Gasteiger partial charge in [-0.25, -0.2) is 4.98 Å². The molecule has 2 N–H and O–H groups in total. The first-order valence-corrected chi connectivity index (χ1v) is 10.4. The van der Waals surface area contributed by atoms with Gasteiger partial charge in [0, 0.05) is 11.8 Å². The smallest absolute Gasteiger partial charge is 0.234 e. The zero-order chi connectivity index (χ0) is 22.0. The maximum Gasteiger partial charge on any atom is 0.234 e. The number of anilines is 1. The van der Waals surface area contributed by atoms with Crippen molar-refractivity contribution >= 4 is 57.0 Å². The molecule has 2 aromatic carbocycles. The summed E-state index contributed by atoms with van der Waals surface area (Å²) in [7, 11) is 4.66. The van der Waals surface area contributed by atoms with Crippen LogP contribution in [0, 0.1) is 0 Å². The number of benzene rings is 2. The Balaban J connectivity index is 1.49. The number of rotatable bonds is 7. The predicted octanol–water partition coefficient (Wildman–Crippen LogP) is 3.92. The number of ether oxygens (including phenoxy) is 3. The number of carbonyl (C=O) groups is 1. The van der Waals surface area contributed by atoms with Gasteiger partial charge in [0.1, 0.15) is 11.3 Å². The minimum absolute atomic E-state index is 0.103. The van der Waals surface area contributed by atoms with Crippen molar-refractivity contribution in [1.82, 2.24) is 20.2 Å². The number of hydrogen-bond acceptors (Lipinski definition) is 8. The average molecular weight is 460 g/mol. The van der Waals surface area contributed by atoms with E-state index in [0.717, 1.165) is 0 Å². The highest BCUT2D eigenvalue weighted by atomic mass is 35.5. The Hall–Kier alpha value is -3.24. The van der Waals surface area contributed by atoms with Gasteiger partial charge in [-0.3, -0.25) is 4.79 Å². The standard InChI is InChI=1S/C20H18ClN5O4S/c1-28-12-6-4-10(8-14(12)30-3)22-15(27)9-31-20-24-19-18(25-26-20)16-11(21)5-7-13(29-2)17(16)23-19/h4-8H,9H2,1-3H3,(H,22,27)(H,23,24,26). The van der Waals surface area contributed by atoms with Crippen molar-refractivity contribution in [3.05, 3.63) is 35.4 Å². The van der Waals surface area contributed by atoms with E-state index in [1.807, 2.05) is 0 Å². The third-order valence-corrected chi connectivity index (χ3v) is 5.64. The van der Waals surface area contributed by atoms with E-state index in [1.54, 1.807) is 44.6 Å². The molecule has 0 saturated heterocycles. The number of fused-ring (bicyclic) bond motifs is 3. The lowest BCUT2D eigenvalue weighted by atomic mass is 10.2. The highest BCUT2D eigenvalue weighted by Crippen LogP contribution is 2.35. The molecular weight excluding hydrogens is 442 g/mol. The van der Waals surface area contributed by atoms with E-state index in [-0.39, 0.29) is 11.7 Å². The molecule has 0 fully saturated rings. The van der Waals surface area contributed by atoms with Gasteiger partial charge in [0.15, 0.2) is 17.1 Å². The van der Waals surface area contributed by atoms with Crippen LogP contribution in [0.1, 0.15) is 0 Å². The third-order valence-electron chi connectivity index (χ3n) is 4.48. The van der Waals surface area contributed by atoms with E-state index in [4.69, 9.17) is 25.8 Å². The van der Waals surface area contributed by atoms with Gasteiger partial charge in [-0.15, -0.1) is 10.2 Å². The summed E-state index contributed by atoms with van der Waals surface area (Å²) < 4.78 is 15.8. The number of thioether (sulfide) groups is 1. The number of aromatic nitrogens is 4. The molecule has 0 spiro atoms. The van der Waals surface area contributed by atoms with E-state index < -0.39 is 0 Å². The normalized spacial score (nSPS) is 11.0. The number of halogens is 1. The molecule has 1 amide bonds. The van der Waals surface area contributed by atoms with Gasteiger partial charge in [-0.2, -0.15) is 0 Å². The van der Waals surface area contributed by atoms with E-state index >= 15 is 0 Å². The number of H-pyrrole nitrogens is 1. The Labute approximate surface area is 186 Å². The topological polar surface area (TPSA) is 111 Å². The number of carbonyl (C=O) groups excluding carboxylic acids is 1. The summed E-state index contributed by atoms with van der Waals surface area (Å²) >= 11 is 7.49. The molecule has 4 rings (SSSR count). The molecule has 0 aliphatic rings. The molecule has 11 heteroatoms. The average Bonchev–Trinajstić information content (AvgIpc) is 3.17. The molecule has 4 aromatic rings. The fourth-order valence-electron chi connectivity index (χ4n) is 3.07. The molecule has 9 nitrogen and oxygen atoms in total. The minimum Gasteiger partial charge on any atom is -0.495 e. The third kappa shape index (κ3) is 4.17. The minimum atomic E-state index is -0.220. The zero-order valence-corrected chi connectivity index (χ0v) is 18.4. The van der Waals surface area contributed by atoms with E-state index in [0.29, 0.717) is 55.2 Å². The predicted molar refractivity (Wildman–Crippen MR) is 120 cm³/mol. The van der Waals surface area contributed by atoms with Crippen LogP contribution in [0.5, 0.6) is 17.2 Å². The molecule has 2 heterocycles. The lowest BCUT2D eigenvalue weighted by Gasteiger charge is -2.10. The van der Waals surface area contributed by atoms with Crippen molar-refractivity contribution in [3.63, 3.8) is 0 Å². The van der Waals surface area contributed by atoms with E-state index in [9.17, 15) is 4.79 Å². The Morgan fingerprint density at radius 1 is 1.06 bits per heavy atom. The van der Waals surface area contributed by atoms with Crippen LogP contribution in [0.25, 0.3) is 22.1 Å². The number of methoxy groups -OCH3 is 3. The lowest BCUT2D eigenvalue weighted by molar-refractivity contribution is -0.113. The number of aromatic amines is 1. The van der Waals surface area contributed by atoms with Crippen LogP contribution in [0.3, 0.4) is 0 Å². The van der Waals surface area contributed by atoms with Crippen molar-refractivity contribution in [2.24, 2.45) is 0 Å².